The van der Waals surface area contributed by atoms with Gasteiger partial charge in [-0.2, -0.15) is 0 Å². The van der Waals surface area contributed by atoms with Gasteiger partial charge in [0.05, 0.1) is 13.2 Å². The second-order valence-corrected chi connectivity index (χ2v) is 6.26. The lowest BCUT2D eigenvalue weighted by atomic mass is 10.1. The van der Waals surface area contributed by atoms with Gasteiger partial charge in [0.2, 0.25) is 0 Å². The fourth-order valence-corrected chi connectivity index (χ4v) is 3.46. The first-order valence-corrected chi connectivity index (χ1v) is 8.28. The summed E-state index contributed by atoms with van der Waals surface area (Å²) in [4.78, 5) is 33.7. The molecule has 1 fully saturated rings. The lowest BCUT2D eigenvalue weighted by Crippen LogP contribution is -2.44. The molecule has 0 spiro atoms. The van der Waals surface area contributed by atoms with Crippen molar-refractivity contribution in [1.29, 1.82) is 0 Å². The molecule has 1 saturated heterocycles. The second-order valence-electron chi connectivity index (χ2n) is 6.26. The zero-order chi connectivity index (χ0) is 16.5. The summed E-state index contributed by atoms with van der Waals surface area (Å²) in [6.07, 6.45) is 6.09. The summed E-state index contributed by atoms with van der Waals surface area (Å²) < 4.78 is 5.78. The maximum Gasteiger partial charge on any atom is 0.261 e. The molecule has 0 aromatic carbocycles. The molecule has 1 aliphatic heterocycles. The van der Waals surface area contributed by atoms with Crippen LogP contribution in [0.3, 0.4) is 0 Å². The van der Waals surface area contributed by atoms with Crippen LogP contribution in [0.1, 0.15) is 39.7 Å². The van der Waals surface area contributed by atoms with E-state index >= 15 is 0 Å². The van der Waals surface area contributed by atoms with Gasteiger partial charge in [-0.15, -0.1) is 0 Å². The SMILES string of the molecule is O=C(c1cc2c([nH]c1=O)CCC2)N1CCO[C@@H](c2ccncc2)C1. The zero-order valence-corrected chi connectivity index (χ0v) is 13.3. The summed E-state index contributed by atoms with van der Waals surface area (Å²) in [5.41, 5.74) is 3.02. The first-order valence-electron chi connectivity index (χ1n) is 8.28. The predicted octanol–water partition coefficient (Wildman–Crippen LogP) is 1.47. The number of aromatic nitrogens is 2. The summed E-state index contributed by atoms with van der Waals surface area (Å²) in [6, 6.07) is 5.56. The lowest BCUT2D eigenvalue weighted by molar-refractivity contribution is -0.0229. The highest BCUT2D eigenvalue weighted by molar-refractivity contribution is 5.94. The minimum atomic E-state index is -0.285. The maximum absolute atomic E-state index is 12.8. The fourth-order valence-electron chi connectivity index (χ4n) is 3.46. The normalized spacial score (nSPS) is 20.0. The lowest BCUT2D eigenvalue weighted by Gasteiger charge is -2.33. The highest BCUT2D eigenvalue weighted by Gasteiger charge is 2.28. The van der Waals surface area contributed by atoms with E-state index in [2.05, 4.69) is 9.97 Å². The molecular weight excluding hydrogens is 306 g/mol. The number of carbonyl (C=O) groups is 1. The van der Waals surface area contributed by atoms with E-state index in [-0.39, 0.29) is 23.1 Å². The van der Waals surface area contributed by atoms with E-state index in [4.69, 9.17) is 4.74 Å². The molecule has 6 heteroatoms. The van der Waals surface area contributed by atoms with Crippen LogP contribution in [0.25, 0.3) is 0 Å². The highest BCUT2D eigenvalue weighted by atomic mass is 16.5. The van der Waals surface area contributed by atoms with Crippen LogP contribution in [0, 0.1) is 0 Å². The van der Waals surface area contributed by atoms with Crippen molar-refractivity contribution >= 4 is 5.91 Å². The van der Waals surface area contributed by atoms with E-state index in [0.717, 1.165) is 36.1 Å². The molecule has 1 aliphatic carbocycles. The third kappa shape index (κ3) is 2.73. The number of rotatable bonds is 2. The predicted molar refractivity (Wildman–Crippen MR) is 87.9 cm³/mol. The number of hydrogen-bond acceptors (Lipinski definition) is 4. The second kappa shape index (κ2) is 6.20. The van der Waals surface area contributed by atoms with Crippen LogP contribution in [-0.2, 0) is 17.6 Å². The quantitative estimate of drug-likeness (QED) is 0.907. The van der Waals surface area contributed by atoms with Crippen molar-refractivity contribution in [3.05, 3.63) is 63.3 Å². The number of amides is 1. The Bertz CT molecular complexity index is 816. The molecule has 2 aromatic rings. The number of fused-ring (bicyclic) bond motifs is 1. The molecule has 0 saturated carbocycles. The smallest absolute Gasteiger partial charge is 0.261 e. The number of aromatic amines is 1. The molecule has 6 nitrogen and oxygen atoms in total. The first kappa shape index (κ1) is 15.1. The number of nitrogens with zero attached hydrogens (tertiary/aromatic N) is 2. The number of hydrogen-bond donors (Lipinski definition) is 1. The Morgan fingerprint density at radius 1 is 1.29 bits per heavy atom. The van der Waals surface area contributed by atoms with Crippen molar-refractivity contribution in [3.63, 3.8) is 0 Å². The maximum atomic E-state index is 12.8. The largest absolute Gasteiger partial charge is 0.370 e. The number of pyridine rings is 2. The summed E-state index contributed by atoms with van der Waals surface area (Å²) in [5, 5.41) is 0. The minimum Gasteiger partial charge on any atom is -0.370 e. The average molecular weight is 325 g/mol. The molecule has 0 bridgehead atoms. The molecule has 3 heterocycles. The zero-order valence-electron chi connectivity index (χ0n) is 13.3. The Balaban J connectivity index is 1.57. The van der Waals surface area contributed by atoms with Crippen molar-refractivity contribution in [1.82, 2.24) is 14.9 Å². The van der Waals surface area contributed by atoms with Crippen LogP contribution in [0.5, 0.6) is 0 Å². The molecular formula is C18H19N3O3. The highest BCUT2D eigenvalue weighted by Crippen LogP contribution is 2.23. The number of H-pyrrole nitrogens is 1. The molecule has 2 aromatic heterocycles. The Kier molecular flexibility index (Phi) is 3.90. The average Bonchev–Trinajstić information content (AvgIpc) is 3.08. The number of ether oxygens (including phenoxy) is 1. The van der Waals surface area contributed by atoms with E-state index in [9.17, 15) is 9.59 Å². The monoisotopic (exact) mass is 325 g/mol. The van der Waals surface area contributed by atoms with Crippen molar-refractivity contribution in [2.45, 2.75) is 25.4 Å². The van der Waals surface area contributed by atoms with E-state index in [1.807, 2.05) is 12.1 Å². The molecule has 0 radical (unpaired) electrons. The van der Waals surface area contributed by atoms with Crippen molar-refractivity contribution in [2.75, 3.05) is 19.7 Å². The van der Waals surface area contributed by atoms with Crippen LogP contribution < -0.4 is 5.56 Å². The molecule has 24 heavy (non-hydrogen) atoms. The third-order valence-electron chi connectivity index (χ3n) is 4.75. The van der Waals surface area contributed by atoms with E-state index in [1.165, 1.54) is 0 Å². The molecule has 1 atom stereocenters. The molecule has 124 valence electrons. The van der Waals surface area contributed by atoms with Gasteiger partial charge < -0.3 is 14.6 Å². The topological polar surface area (TPSA) is 75.3 Å². The van der Waals surface area contributed by atoms with Crippen LogP contribution in [-0.4, -0.2) is 40.5 Å². The Morgan fingerprint density at radius 2 is 2.12 bits per heavy atom. The van der Waals surface area contributed by atoms with Crippen molar-refractivity contribution < 1.29 is 9.53 Å². The van der Waals surface area contributed by atoms with Crippen molar-refractivity contribution in [3.8, 4) is 0 Å². The van der Waals surface area contributed by atoms with Gasteiger partial charge in [-0.05, 0) is 48.6 Å². The van der Waals surface area contributed by atoms with Gasteiger partial charge in [-0.1, -0.05) is 0 Å². The molecule has 1 amide bonds. The number of morpholine rings is 1. The standard InChI is InChI=1S/C18H19N3O3/c22-17-14(10-13-2-1-3-15(13)20-17)18(23)21-8-9-24-16(11-21)12-4-6-19-7-5-12/h4-7,10,16H,1-3,8-9,11H2,(H,20,22)/t16-/m1/s1. The van der Waals surface area contributed by atoms with Gasteiger partial charge in [0.15, 0.2) is 0 Å². The molecule has 1 N–H and O–H groups in total. The van der Waals surface area contributed by atoms with E-state index in [1.54, 1.807) is 23.4 Å². The van der Waals surface area contributed by atoms with Crippen LogP contribution in [0.2, 0.25) is 0 Å². The number of aryl methyl sites for hydroxylation is 2. The van der Waals surface area contributed by atoms with Crippen molar-refractivity contribution in [2.24, 2.45) is 0 Å². The molecule has 4 rings (SSSR count). The van der Waals surface area contributed by atoms with Gasteiger partial charge in [-0.25, -0.2) is 0 Å². The summed E-state index contributed by atoms with van der Waals surface area (Å²) in [6.45, 7) is 1.40. The summed E-state index contributed by atoms with van der Waals surface area (Å²) in [5.74, 6) is -0.215. The van der Waals surface area contributed by atoms with Gasteiger partial charge >= 0.3 is 0 Å². The van der Waals surface area contributed by atoms with Crippen LogP contribution >= 0.6 is 0 Å². The molecule has 0 unspecified atom stereocenters. The first-order chi connectivity index (χ1) is 11.7. The Labute approximate surface area is 139 Å². The van der Waals surface area contributed by atoms with Crippen LogP contribution in [0.15, 0.2) is 35.4 Å². The Hall–Kier alpha value is -2.47. The fraction of sp³-hybridized carbons (Fsp3) is 0.389. The molecule has 2 aliphatic rings. The minimum absolute atomic E-state index is 0.181. The summed E-state index contributed by atoms with van der Waals surface area (Å²) in [7, 11) is 0. The number of nitrogens with one attached hydrogen (secondary N) is 1. The van der Waals surface area contributed by atoms with E-state index < -0.39 is 0 Å². The Morgan fingerprint density at radius 3 is 2.96 bits per heavy atom. The summed E-state index contributed by atoms with van der Waals surface area (Å²) >= 11 is 0. The van der Waals surface area contributed by atoms with Gasteiger partial charge in [0.1, 0.15) is 11.7 Å². The van der Waals surface area contributed by atoms with Crippen LogP contribution in [0.4, 0.5) is 0 Å². The van der Waals surface area contributed by atoms with Gasteiger partial charge in [0.25, 0.3) is 11.5 Å². The number of carbonyl (C=O) groups excluding carboxylic acids is 1. The van der Waals surface area contributed by atoms with Gasteiger partial charge in [-0.3, -0.25) is 14.6 Å². The van der Waals surface area contributed by atoms with E-state index in [0.29, 0.717) is 19.7 Å². The third-order valence-corrected chi connectivity index (χ3v) is 4.75. The van der Waals surface area contributed by atoms with Gasteiger partial charge in [0, 0.05) is 24.6 Å².